The van der Waals surface area contributed by atoms with Gasteiger partial charge in [-0.15, -0.1) is 0 Å². The highest BCUT2D eigenvalue weighted by atomic mass is 16.5. The van der Waals surface area contributed by atoms with Crippen molar-refractivity contribution in [3.8, 4) is 0 Å². The van der Waals surface area contributed by atoms with Gasteiger partial charge in [0.2, 0.25) is 0 Å². The minimum atomic E-state index is 0.263. The van der Waals surface area contributed by atoms with E-state index in [1.54, 1.807) is 0 Å². The molecule has 4 nitrogen and oxygen atoms in total. The molecule has 1 atom stereocenters. The summed E-state index contributed by atoms with van der Waals surface area (Å²) in [6.45, 7) is 5.00. The minimum Gasteiger partial charge on any atom is -0.496 e. The monoisotopic (exact) mass is 235 g/mol. The Morgan fingerprint density at radius 1 is 1.53 bits per heavy atom. The van der Waals surface area contributed by atoms with Gasteiger partial charge in [-0.1, -0.05) is 0 Å². The lowest BCUT2D eigenvalue weighted by atomic mass is 10.0. The van der Waals surface area contributed by atoms with Crippen LogP contribution in [0.25, 0.3) is 0 Å². The van der Waals surface area contributed by atoms with Gasteiger partial charge in [0.1, 0.15) is 5.76 Å². The van der Waals surface area contributed by atoms with Crippen LogP contribution in [0.1, 0.15) is 23.4 Å². The van der Waals surface area contributed by atoms with E-state index in [-0.39, 0.29) is 6.04 Å². The Kier molecular flexibility index (Phi) is 3.52. The zero-order chi connectivity index (χ0) is 12.4. The van der Waals surface area contributed by atoms with Crippen molar-refractivity contribution < 1.29 is 4.74 Å². The molecule has 1 N–H and O–H groups in total. The van der Waals surface area contributed by atoms with Gasteiger partial charge in [-0.2, -0.15) is 5.10 Å². The summed E-state index contributed by atoms with van der Waals surface area (Å²) in [5.41, 5.74) is 3.67. The average molecular weight is 235 g/mol. The SMILES string of the molecule is CNC(Cc1c(C)nn(C)c1C)C1=CCCO1. The van der Waals surface area contributed by atoms with Crippen LogP contribution in [0.4, 0.5) is 0 Å². The van der Waals surface area contributed by atoms with E-state index >= 15 is 0 Å². The summed E-state index contributed by atoms with van der Waals surface area (Å²) in [6.07, 6.45) is 4.15. The van der Waals surface area contributed by atoms with Crippen LogP contribution in [-0.2, 0) is 18.2 Å². The molecule has 94 valence electrons. The van der Waals surface area contributed by atoms with Crippen LogP contribution >= 0.6 is 0 Å². The summed E-state index contributed by atoms with van der Waals surface area (Å²) in [5.74, 6) is 1.08. The molecule has 0 aromatic carbocycles. The van der Waals surface area contributed by atoms with Crippen LogP contribution < -0.4 is 5.32 Å². The van der Waals surface area contributed by atoms with Crippen LogP contribution in [0.2, 0.25) is 0 Å². The molecule has 2 heterocycles. The molecule has 1 aliphatic rings. The van der Waals surface area contributed by atoms with Crippen LogP contribution in [-0.4, -0.2) is 29.5 Å². The van der Waals surface area contributed by atoms with E-state index in [0.29, 0.717) is 0 Å². The van der Waals surface area contributed by atoms with Crippen molar-refractivity contribution >= 4 is 0 Å². The molecule has 0 saturated carbocycles. The first-order valence-electron chi connectivity index (χ1n) is 6.12. The standard InChI is InChI=1S/C13H21N3O/c1-9-11(10(2)16(4)15-9)8-12(14-3)13-6-5-7-17-13/h6,12,14H,5,7-8H2,1-4H3. The van der Waals surface area contributed by atoms with Crippen molar-refractivity contribution in [3.05, 3.63) is 28.8 Å². The predicted octanol–water partition coefficient (Wildman–Crippen LogP) is 1.47. The van der Waals surface area contributed by atoms with Crippen molar-refractivity contribution in [1.82, 2.24) is 15.1 Å². The Bertz CT molecular complexity index is 434. The molecule has 2 rings (SSSR count). The summed E-state index contributed by atoms with van der Waals surface area (Å²) in [5, 5.41) is 7.78. The lowest BCUT2D eigenvalue weighted by Gasteiger charge is -2.17. The number of nitrogens with one attached hydrogen (secondary N) is 1. The van der Waals surface area contributed by atoms with E-state index in [4.69, 9.17) is 4.74 Å². The van der Waals surface area contributed by atoms with E-state index in [9.17, 15) is 0 Å². The summed E-state index contributed by atoms with van der Waals surface area (Å²) >= 11 is 0. The lowest BCUT2D eigenvalue weighted by molar-refractivity contribution is 0.217. The number of ether oxygens (including phenoxy) is 1. The van der Waals surface area contributed by atoms with Crippen LogP contribution in [0.5, 0.6) is 0 Å². The Morgan fingerprint density at radius 2 is 2.29 bits per heavy atom. The van der Waals surface area contributed by atoms with E-state index in [0.717, 1.165) is 30.9 Å². The van der Waals surface area contributed by atoms with Gasteiger partial charge in [0.05, 0.1) is 18.3 Å². The molecular weight excluding hydrogens is 214 g/mol. The van der Waals surface area contributed by atoms with E-state index in [2.05, 4.69) is 30.3 Å². The van der Waals surface area contributed by atoms with Crippen LogP contribution in [0, 0.1) is 13.8 Å². The maximum Gasteiger partial charge on any atom is 0.109 e. The second kappa shape index (κ2) is 4.92. The molecule has 17 heavy (non-hydrogen) atoms. The van der Waals surface area contributed by atoms with Crippen molar-refractivity contribution in [1.29, 1.82) is 0 Å². The van der Waals surface area contributed by atoms with Gasteiger partial charge in [-0.3, -0.25) is 4.68 Å². The number of rotatable bonds is 4. The fourth-order valence-electron chi connectivity index (χ4n) is 2.34. The fraction of sp³-hybridized carbons (Fsp3) is 0.615. The molecule has 1 aromatic heterocycles. The Labute approximate surface area is 103 Å². The number of nitrogens with zero attached hydrogens (tertiary/aromatic N) is 2. The van der Waals surface area contributed by atoms with Gasteiger partial charge in [-0.25, -0.2) is 0 Å². The largest absolute Gasteiger partial charge is 0.496 e. The number of likely N-dealkylation sites (N-methyl/N-ethyl adjacent to an activating group) is 1. The fourth-order valence-corrected chi connectivity index (χ4v) is 2.34. The van der Waals surface area contributed by atoms with E-state index < -0.39 is 0 Å². The molecule has 0 bridgehead atoms. The minimum absolute atomic E-state index is 0.263. The maximum absolute atomic E-state index is 5.64. The van der Waals surface area contributed by atoms with Crippen LogP contribution in [0.15, 0.2) is 11.8 Å². The lowest BCUT2D eigenvalue weighted by Crippen LogP contribution is -2.30. The smallest absolute Gasteiger partial charge is 0.109 e. The van der Waals surface area contributed by atoms with Crippen molar-refractivity contribution in [2.45, 2.75) is 32.7 Å². The Balaban J connectivity index is 2.18. The van der Waals surface area contributed by atoms with Gasteiger partial charge in [0.15, 0.2) is 0 Å². The van der Waals surface area contributed by atoms with Crippen molar-refractivity contribution in [3.63, 3.8) is 0 Å². The molecule has 4 heteroatoms. The third kappa shape index (κ3) is 2.36. The van der Waals surface area contributed by atoms with E-state index in [1.165, 1.54) is 11.3 Å². The zero-order valence-electron chi connectivity index (χ0n) is 11.1. The third-order valence-corrected chi connectivity index (χ3v) is 3.49. The third-order valence-electron chi connectivity index (χ3n) is 3.49. The van der Waals surface area contributed by atoms with Gasteiger partial charge in [0.25, 0.3) is 0 Å². The average Bonchev–Trinajstić information content (AvgIpc) is 2.89. The summed E-state index contributed by atoms with van der Waals surface area (Å²) in [7, 11) is 3.97. The molecule has 1 aromatic rings. The molecule has 0 spiro atoms. The van der Waals surface area contributed by atoms with Gasteiger partial charge in [0, 0.05) is 19.2 Å². The number of aryl methyl sites for hydroxylation is 2. The van der Waals surface area contributed by atoms with E-state index in [1.807, 2.05) is 18.8 Å². The molecule has 0 radical (unpaired) electrons. The molecule has 0 aliphatic carbocycles. The molecule has 0 fully saturated rings. The number of aromatic nitrogens is 2. The molecule has 1 unspecified atom stereocenters. The first-order valence-corrected chi connectivity index (χ1v) is 6.12. The highest BCUT2D eigenvalue weighted by Crippen LogP contribution is 2.20. The number of hydrogen-bond acceptors (Lipinski definition) is 3. The predicted molar refractivity (Wildman–Crippen MR) is 67.9 cm³/mol. The second-order valence-corrected chi connectivity index (χ2v) is 4.56. The summed E-state index contributed by atoms with van der Waals surface area (Å²) in [6, 6.07) is 0.263. The van der Waals surface area contributed by atoms with Gasteiger partial charge in [-0.05, 0) is 39.0 Å². The Hall–Kier alpha value is -1.29. The van der Waals surface area contributed by atoms with Gasteiger partial charge >= 0.3 is 0 Å². The van der Waals surface area contributed by atoms with Crippen molar-refractivity contribution in [2.75, 3.05) is 13.7 Å². The Morgan fingerprint density at radius 3 is 2.76 bits per heavy atom. The summed E-state index contributed by atoms with van der Waals surface area (Å²) in [4.78, 5) is 0. The topological polar surface area (TPSA) is 39.1 Å². The first-order chi connectivity index (χ1) is 8.13. The highest BCUT2D eigenvalue weighted by molar-refractivity contribution is 5.27. The molecule has 0 saturated heterocycles. The first kappa shape index (κ1) is 12.2. The molecule has 1 aliphatic heterocycles. The second-order valence-electron chi connectivity index (χ2n) is 4.56. The molecular formula is C13H21N3O. The van der Waals surface area contributed by atoms with Gasteiger partial charge < -0.3 is 10.1 Å². The quantitative estimate of drug-likeness (QED) is 0.859. The summed E-state index contributed by atoms with van der Waals surface area (Å²) < 4.78 is 7.58. The normalized spacial score (nSPS) is 16.8. The highest BCUT2D eigenvalue weighted by Gasteiger charge is 2.20. The maximum atomic E-state index is 5.64. The molecule has 0 amide bonds. The van der Waals surface area contributed by atoms with Crippen LogP contribution in [0.3, 0.4) is 0 Å². The number of hydrogen-bond donors (Lipinski definition) is 1. The van der Waals surface area contributed by atoms with Crippen molar-refractivity contribution in [2.24, 2.45) is 7.05 Å². The zero-order valence-corrected chi connectivity index (χ0v) is 11.1.